The number of nitriles is 1. The van der Waals surface area contributed by atoms with Crippen LogP contribution in [0.4, 0.5) is 0 Å². The van der Waals surface area contributed by atoms with Gasteiger partial charge < -0.3 is 14.1 Å². The highest BCUT2D eigenvalue weighted by molar-refractivity contribution is 6.04. The third-order valence-electron chi connectivity index (χ3n) is 4.28. The normalized spacial score (nSPS) is 26.7. The van der Waals surface area contributed by atoms with Crippen molar-refractivity contribution < 1.29 is 18.7 Å². The fraction of sp³-hybridized carbons (Fsp3) is 0.500. The smallest absolute Gasteiger partial charge is 0.275 e. The Morgan fingerprint density at radius 2 is 2.26 bits per heavy atom. The van der Waals surface area contributed by atoms with Crippen molar-refractivity contribution >= 4 is 11.7 Å². The zero-order valence-electron chi connectivity index (χ0n) is 13.0. The van der Waals surface area contributed by atoms with Crippen LogP contribution in [-0.4, -0.2) is 46.9 Å². The summed E-state index contributed by atoms with van der Waals surface area (Å²) in [4.78, 5) is 30.2. The molecule has 0 saturated carbocycles. The summed E-state index contributed by atoms with van der Waals surface area (Å²) in [6.45, 7) is 4.63. The molecule has 7 heteroatoms. The summed E-state index contributed by atoms with van der Waals surface area (Å²) in [5.41, 5.74) is -1.20. The molecule has 23 heavy (non-hydrogen) atoms. The van der Waals surface area contributed by atoms with Gasteiger partial charge in [0.2, 0.25) is 0 Å². The van der Waals surface area contributed by atoms with E-state index in [-0.39, 0.29) is 29.5 Å². The van der Waals surface area contributed by atoms with Gasteiger partial charge >= 0.3 is 0 Å². The first-order chi connectivity index (χ1) is 10.9. The number of allylic oxidation sites excluding steroid dienone is 1. The molecule has 2 aliphatic rings. The molecule has 1 unspecified atom stereocenters. The molecule has 120 valence electrons. The van der Waals surface area contributed by atoms with Crippen LogP contribution in [0.2, 0.25) is 0 Å². The number of amides is 1. The molecule has 1 aromatic heterocycles. The number of morpholine rings is 1. The Hall–Kier alpha value is -2.46. The van der Waals surface area contributed by atoms with Gasteiger partial charge in [0.05, 0.1) is 18.7 Å². The monoisotopic (exact) mass is 315 g/mol. The van der Waals surface area contributed by atoms with E-state index in [2.05, 4.69) is 4.98 Å². The Balaban J connectivity index is 1.91. The lowest BCUT2D eigenvalue weighted by molar-refractivity contribution is -0.134. The van der Waals surface area contributed by atoms with Gasteiger partial charge in [-0.15, -0.1) is 0 Å². The molecule has 0 radical (unpaired) electrons. The van der Waals surface area contributed by atoms with E-state index in [0.29, 0.717) is 19.6 Å². The van der Waals surface area contributed by atoms with Gasteiger partial charge in [0.1, 0.15) is 17.9 Å². The first-order valence-corrected chi connectivity index (χ1v) is 7.36. The first kappa shape index (κ1) is 15.4. The van der Waals surface area contributed by atoms with Crippen molar-refractivity contribution in [2.45, 2.75) is 25.9 Å². The highest BCUT2D eigenvalue weighted by Crippen LogP contribution is 2.41. The lowest BCUT2D eigenvalue weighted by atomic mass is 9.69. The molecule has 1 saturated heterocycles. The fourth-order valence-corrected chi connectivity index (χ4v) is 3.31. The van der Waals surface area contributed by atoms with Crippen molar-refractivity contribution in [3.05, 3.63) is 30.0 Å². The average Bonchev–Trinajstić information content (AvgIpc) is 3.04. The lowest BCUT2D eigenvalue weighted by Crippen LogP contribution is -2.57. The van der Waals surface area contributed by atoms with Gasteiger partial charge in [-0.25, -0.2) is 4.98 Å². The Morgan fingerprint density at radius 1 is 1.48 bits per heavy atom. The van der Waals surface area contributed by atoms with Crippen molar-refractivity contribution in [2.75, 3.05) is 19.7 Å². The van der Waals surface area contributed by atoms with Crippen LogP contribution >= 0.6 is 0 Å². The van der Waals surface area contributed by atoms with Gasteiger partial charge in [0.25, 0.3) is 5.91 Å². The predicted molar refractivity (Wildman–Crippen MR) is 78.2 cm³/mol. The number of carbonyl (C=O) groups excluding carboxylic acids is 2. The third-order valence-corrected chi connectivity index (χ3v) is 4.28. The summed E-state index contributed by atoms with van der Waals surface area (Å²) in [6, 6.07) is 1.95. The molecule has 1 aromatic rings. The molecule has 0 N–H and O–H groups in total. The minimum atomic E-state index is -0.819. The molecular weight excluding hydrogens is 298 g/mol. The fourth-order valence-electron chi connectivity index (χ4n) is 3.31. The van der Waals surface area contributed by atoms with Crippen LogP contribution in [0.5, 0.6) is 0 Å². The van der Waals surface area contributed by atoms with Crippen LogP contribution in [0.25, 0.3) is 0 Å². The maximum Gasteiger partial charge on any atom is 0.275 e. The van der Waals surface area contributed by atoms with Crippen LogP contribution < -0.4 is 0 Å². The highest BCUT2D eigenvalue weighted by atomic mass is 16.5. The second kappa shape index (κ2) is 5.32. The highest BCUT2D eigenvalue weighted by Gasteiger charge is 2.48. The van der Waals surface area contributed by atoms with E-state index in [0.717, 1.165) is 0 Å². The second-order valence-corrected chi connectivity index (χ2v) is 6.57. The zero-order valence-corrected chi connectivity index (χ0v) is 13.0. The molecule has 1 spiro atoms. The largest absolute Gasteiger partial charge is 0.451 e. The number of Topliss-reactive ketones (excluding diaryl/α,β-unsaturated/α-hetero) is 1. The maximum absolute atomic E-state index is 12.5. The van der Waals surface area contributed by atoms with Crippen molar-refractivity contribution in [3.63, 3.8) is 0 Å². The number of ether oxygens (including phenoxy) is 1. The van der Waals surface area contributed by atoms with E-state index in [4.69, 9.17) is 9.15 Å². The quantitative estimate of drug-likeness (QED) is 0.775. The van der Waals surface area contributed by atoms with Gasteiger partial charge in [-0.2, -0.15) is 5.26 Å². The van der Waals surface area contributed by atoms with Gasteiger partial charge in [-0.1, -0.05) is 13.8 Å². The van der Waals surface area contributed by atoms with Crippen LogP contribution in [-0.2, 0) is 9.53 Å². The molecule has 1 aliphatic heterocycles. The predicted octanol–water partition coefficient (Wildman–Crippen LogP) is 1.33. The maximum atomic E-state index is 12.5. The number of hydrogen-bond acceptors (Lipinski definition) is 6. The van der Waals surface area contributed by atoms with Crippen LogP contribution in [0.15, 0.2) is 28.7 Å². The summed E-state index contributed by atoms with van der Waals surface area (Å²) < 4.78 is 10.8. The average molecular weight is 315 g/mol. The molecule has 2 heterocycles. The van der Waals surface area contributed by atoms with Crippen molar-refractivity contribution in [3.8, 4) is 6.07 Å². The molecule has 1 fully saturated rings. The number of ketones is 1. The molecule has 7 nitrogen and oxygen atoms in total. The van der Waals surface area contributed by atoms with E-state index in [1.807, 2.05) is 6.07 Å². The topological polar surface area (TPSA) is 96.4 Å². The van der Waals surface area contributed by atoms with Gasteiger partial charge in [0, 0.05) is 12.0 Å². The zero-order chi connectivity index (χ0) is 16.7. The van der Waals surface area contributed by atoms with E-state index in [1.165, 1.54) is 12.7 Å². The molecule has 1 aliphatic carbocycles. The Kier molecular flexibility index (Phi) is 3.57. The number of rotatable bonds is 1. The molecule has 0 bridgehead atoms. The van der Waals surface area contributed by atoms with Gasteiger partial charge in [0.15, 0.2) is 17.9 Å². The standard InChI is InChI=1S/C16H17N3O4/c1-15(2)8-16(5-11(6-17)13(15)20)9-19(3-4-23-16)14(21)12-7-22-10-18-12/h5,7,10H,3-4,8-9H2,1-2H3. The lowest BCUT2D eigenvalue weighted by Gasteiger charge is -2.46. The minimum absolute atomic E-state index is 0.0944. The summed E-state index contributed by atoms with van der Waals surface area (Å²) in [6.07, 6.45) is 4.50. The molecular formula is C16H17N3O4. The van der Waals surface area contributed by atoms with Crippen LogP contribution in [0.1, 0.15) is 30.8 Å². The van der Waals surface area contributed by atoms with Crippen molar-refractivity contribution in [1.82, 2.24) is 9.88 Å². The van der Waals surface area contributed by atoms with E-state index >= 15 is 0 Å². The van der Waals surface area contributed by atoms with Crippen LogP contribution in [0, 0.1) is 16.7 Å². The SMILES string of the molecule is CC1(C)CC2(C=C(C#N)C1=O)CN(C(=O)c1cocn1)CCO2. The molecule has 0 aromatic carbocycles. The van der Waals surface area contributed by atoms with E-state index < -0.39 is 11.0 Å². The van der Waals surface area contributed by atoms with Crippen molar-refractivity contribution in [1.29, 1.82) is 5.26 Å². The number of hydrogen-bond donors (Lipinski definition) is 0. The van der Waals surface area contributed by atoms with Gasteiger partial charge in [-0.05, 0) is 12.5 Å². The molecule has 1 amide bonds. The third kappa shape index (κ3) is 2.66. The Labute approximate surface area is 133 Å². The van der Waals surface area contributed by atoms with E-state index in [1.54, 1.807) is 24.8 Å². The minimum Gasteiger partial charge on any atom is -0.451 e. The first-order valence-electron chi connectivity index (χ1n) is 7.36. The molecule has 1 atom stereocenters. The van der Waals surface area contributed by atoms with Crippen molar-refractivity contribution in [2.24, 2.45) is 5.41 Å². The number of carbonyl (C=O) groups is 2. The second-order valence-electron chi connectivity index (χ2n) is 6.57. The molecule has 3 rings (SSSR count). The van der Waals surface area contributed by atoms with Crippen LogP contribution in [0.3, 0.4) is 0 Å². The summed E-state index contributed by atoms with van der Waals surface area (Å²) >= 11 is 0. The van der Waals surface area contributed by atoms with Gasteiger partial charge in [-0.3, -0.25) is 9.59 Å². The summed E-state index contributed by atoms with van der Waals surface area (Å²) in [5, 5.41) is 9.24. The number of aromatic nitrogens is 1. The summed E-state index contributed by atoms with van der Waals surface area (Å²) in [7, 11) is 0. The number of oxazole rings is 1. The Morgan fingerprint density at radius 3 is 2.91 bits per heavy atom. The van der Waals surface area contributed by atoms with E-state index in [9.17, 15) is 14.9 Å². The number of nitrogens with zero attached hydrogens (tertiary/aromatic N) is 3. The Bertz CT molecular complexity index is 714. The summed E-state index contributed by atoms with van der Waals surface area (Å²) in [5.74, 6) is -0.433.